The summed E-state index contributed by atoms with van der Waals surface area (Å²) in [4.78, 5) is 12.0. The maximum Gasteiger partial charge on any atom is 0.335 e. The number of hydrogen-bond donors (Lipinski definition) is 3. The Bertz CT molecular complexity index is 1230. The molecule has 5 nitrogen and oxygen atoms in total. The molecule has 0 radical (unpaired) electrons. The Morgan fingerprint density at radius 2 is 1.86 bits per heavy atom. The van der Waals surface area contributed by atoms with Crippen LogP contribution < -0.4 is 5.32 Å². The number of aliphatic hydroxyl groups is 1. The number of thioether (sulfide) groups is 1. The normalized spacial score (nSPS) is 13.4. The zero-order valence-electron chi connectivity index (χ0n) is 22.0. The number of aliphatic hydroxyl groups excluding tert-OH is 1. The van der Waals surface area contributed by atoms with E-state index in [1.165, 1.54) is 11.8 Å². The number of aryl methyl sites for hydroxylation is 1. The highest BCUT2D eigenvalue weighted by atomic mass is 32.2. The maximum atomic E-state index is 14.1. The van der Waals surface area contributed by atoms with E-state index in [2.05, 4.69) is 5.32 Å². The fourth-order valence-corrected chi connectivity index (χ4v) is 4.83. The van der Waals surface area contributed by atoms with Gasteiger partial charge in [0, 0.05) is 17.0 Å². The van der Waals surface area contributed by atoms with E-state index in [9.17, 15) is 19.4 Å². The molecule has 0 unspecified atom stereocenters. The Labute approximate surface area is 223 Å². The highest BCUT2D eigenvalue weighted by Crippen LogP contribution is 2.31. The van der Waals surface area contributed by atoms with Gasteiger partial charge in [-0.3, -0.25) is 0 Å². The monoisotopic (exact) mass is 525 g/mol. The fourth-order valence-electron chi connectivity index (χ4n) is 4.38. The molecule has 3 aromatic rings. The second kappa shape index (κ2) is 12.7. The zero-order chi connectivity index (χ0) is 27.2. The van der Waals surface area contributed by atoms with Crippen LogP contribution in [-0.4, -0.2) is 47.2 Å². The van der Waals surface area contributed by atoms with Crippen molar-refractivity contribution in [3.05, 3.63) is 88.7 Å². The van der Waals surface area contributed by atoms with Crippen molar-refractivity contribution in [2.24, 2.45) is 0 Å². The number of ether oxygens (including phenoxy) is 1. The summed E-state index contributed by atoms with van der Waals surface area (Å²) in [5.41, 5.74) is 4.37. The Morgan fingerprint density at radius 3 is 2.51 bits per heavy atom. The molecule has 3 rings (SSSR count). The summed E-state index contributed by atoms with van der Waals surface area (Å²) in [6, 6.07) is 18.5. The molecule has 0 aliphatic carbocycles. The van der Waals surface area contributed by atoms with Crippen LogP contribution in [0.2, 0.25) is 0 Å². The molecule has 0 saturated heterocycles. The number of carbonyl (C=O) groups is 1. The molecule has 2 atom stereocenters. The van der Waals surface area contributed by atoms with Crippen molar-refractivity contribution in [1.82, 2.24) is 5.32 Å². The number of hydrogen-bond acceptors (Lipinski definition) is 5. The molecule has 0 bridgehead atoms. The van der Waals surface area contributed by atoms with Crippen LogP contribution in [0.4, 0.5) is 4.39 Å². The average Bonchev–Trinajstić information content (AvgIpc) is 2.85. The van der Waals surface area contributed by atoms with E-state index in [0.717, 1.165) is 22.3 Å². The molecule has 0 amide bonds. The minimum atomic E-state index is -0.944. The summed E-state index contributed by atoms with van der Waals surface area (Å²) in [7, 11) is 0. The van der Waals surface area contributed by atoms with Crippen molar-refractivity contribution in [3.8, 4) is 11.1 Å². The van der Waals surface area contributed by atoms with Gasteiger partial charge in [-0.05, 0) is 86.4 Å². The van der Waals surface area contributed by atoms with Gasteiger partial charge >= 0.3 is 5.97 Å². The van der Waals surface area contributed by atoms with E-state index in [1.807, 2.05) is 69.5 Å². The summed E-state index contributed by atoms with van der Waals surface area (Å²) < 4.78 is 20.2. The van der Waals surface area contributed by atoms with E-state index in [-0.39, 0.29) is 29.6 Å². The zero-order valence-corrected chi connectivity index (χ0v) is 22.9. The summed E-state index contributed by atoms with van der Waals surface area (Å²) in [6.07, 6.45) is 1.47. The van der Waals surface area contributed by atoms with Crippen LogP contribution >= 0.6 is 11.8 Å². The molecular formula is C30H36FNO4S. The van der Waals surface area contributed by atoms with E-state index < -0.39 is 12.1 Å². The summed E-state index contributed by atoms with van der Waals surface area (Å²) in [5.74, 6) is -1.16. The van der Waals surface area contributed by atoms with Gasteiger partial charge in [0.15, 0.2) is 0 Å². The number of β-amino-alcohol motifs (C(OH)–C–C–N with tert-alkyl or cyclic N) is 1. The highest BCUT2D eigenvalue weighted by molar-refractivity contribution is 7.98. The van der Waals surface area contributed by atoms with Gasteiger partial charge in [0.2, 0.25) is 0 Å². The third-order valence-corrected chi connectivity index (χ3v) is 7.15. The number of benzene rings is 3. The maximum absolute atomic E-state index is 14.1. The first-order valence-corrected chi connectivity index (χ1v) is 13.5. The molecule has 3 aromatic carbocycles. The Balaban J connectivity index is 1.58. The quantitative estimate of drug-likeness (QED) is 0.242. The van der Waals surface area contributed by atoms with Gasteiger partial charge in [-0.25, -0.2) is 9.18 Å². The van der Waals surface area contributed by atoms with Gasteiger partial charge in [-0.2, -0.15) is 0 Å². The SMILES string of the molecule is CSc1ccc(CC(C)(C)NC[C@@H](O)CO[C@@H](C)c2ccccc2-c2ccc(C(=O)O)c(C)c2)cc1F. The molecule has 3 N–H and O–H groups in total. The van der Waals surface area contributed by atoms with Gasteiger partial charge < -0.3 is 20.3 Å². The predicted molar refractivity (Wildman–Crippen MR) is 148 cm³/mol. The standard InChI is InChI=1S/C30H36FNO4S/c1-19-14-22(11-12-24(19)29(34)35)26-9-7-6-8-25(26)20(2)36-18-23(33)17-32-30(3,4)16-21-10-13-28(37-5)27(31)15-21/h6-15,20,23,32-33H,16-18H2,1-5H3,(H,34,35)/t20-,23+/m0/s1. The number of halogens is 1. The fraction of sp³-hybridized carbons (Fsp3) is 0.367. The summed E-state index contributed by atoms with van der Waals surface area (Å²) in [5, 5.41) is 23.3. The topological polar surface area (TPSA) is 78.8 Å². The van der Waals surface area contributed by atoms with Crippen LogP contribution in [0.3, 0.4) is 0 Å². The minimum absolute atomic E-state index is 0.145. The smallest absolute Gasteiger partial charge is 0.335 e. The molecular weight excluding hydrogens is 489 g/mol. The lowest BCUT2D eigenvalue weighted by molar-refractivity contribution is -0.00397. The van der Waals surface area contributed by atoms with Crippen LogP contribution in [0.25, 0.3) is 11.1 Å². The van der Waals surface area contributed by atoms with Crippen LogP contribution in [0.5, 0.6) is 0 Å². The molecule has 0 saturated carbocycles. The molecule has 37 heavy (non-hydrogen) atoms. The van der Waals surface area contributed by atoms with Gasteiger partial charge in [-0.1, -0.05) is 42.5 Å². The minimum Gasteiger partial charge on any atom is -0.478 e. The van der Waals surface area contributed by atoms with Gasteiger partial charge in [-0.15, -0.1) is 11.8 Å². The second-order valence-electron chi connectivity index (χ2n) is 9.96. The van der Waals surface area contributed by atoms with Crippen molar-refractivity contribution in [3.63, 3.8) is 0 Å². The van der Waals surface area contributed by atoms with Gasteiger partial charge in [0.05, 0.1) is 24.4 Å². The average molecular weight is 526 g/mol. The molecule has 0 spiro atoms. The Morgan fingerprint density at radius 1 is 1.14 bits per heavy atom. The van der Waals surface area contributed by atoms with Crippen molar-refractivity contribution in [2.45, 2.75) is 56.8 Å². The lowest BCUT2D eigenvalue weighted by atomic mass is 9.94. The molecule has 7 heteroatoms. The van der Waals surface area contributed by atoms with E-state index in [4.69, 9.17) is 4.74 Å². The van der Waals surface area contributed by atoms with Crippen molar-refractivity contribution < 1.29 is 24.1 Å². The Hall–Kier alpha value is -2.71. The number of rotatable bonds is 12. The second-order valence-corrected chi connectivity index (χ2v) is 10.8. The lowest BCUT2D eigenvalue weighted by Gasteiger charge is -2.28. The van der Waals surface area contributed by atoms with Crippen molar-refractivity contribution >= 4 is 17.7 Å². The van der Waals surface area contributed by atoms with Crippen LogP contribution in [0.15, 0.2) is 65.6 Å². The first-order valence-electron chi connectivity index (χ1n) is 12.3. The molecule has 0 heterocycles. The highest BCUT2D eigenvalue weighted by Gasteiger charge is 2.21. The molecule has 0 aromatic heterocycles. The molecule has 0 aliphatic rings. The van der Waals surface area contributed by atoms with Crippen LogP contribution in [-0.2, 0) is 11.2 Å². The van der Waals surface area contributed by atoms with Gasteiger partial charge in [0.25, 0.3) is 0 Å². The lowest BCUT2D eigenvalue weighted by Crippen LogP contribution is -2.46. The van der Waals surface area contributed by atoms with Crippen LogP contribution in [0, 0.1) is 12.7 Å². The molecule has 0 fully saturated rings. The summed E-state index contributed by atoms with van der Waals surface area (Å²) in [6.45, 7) is 8.26. The summed E-state index contributed by atoms with van der Waals surface area (Å²) >= 11 is 1.38. The van der Waals surface area contributed by atoms with E-state index >= 15 is 0 Å². The Kier molecular flexibility index (Phi) is 9.90. The van der Waals surface area contributed by atoms with E-state index in [0.29, 0.717) is 23.4 Å². The first-order chi connectivity index (χ1) is 17.5. The largest absolute Gasteiger partial charge is 0.478 e. The number of carboxylic acids is 1. The third kappa shape index (κ3) is 7.89. The van der Waals surface area contributed by atoms with Gasteiger partial charge in [0.1, 0.15) is 5.82 Å². The van der Waals surface area contributed by atoms with Crippen molar-refractivity contribution in [2.75, 3.05) is 19.4 Å². The number of carboxylic acid groups (broad SMARTS) is 1. The first kappa shape index (κ1) is 28.9. The van der Waals surface area contributed by atoms with Crippen LogP contribution in [0.1, 0.15) is 53.9 Å². The van der Waals surface area contributed by atoms with E-state index in [1.54, 1.807) is 25.1 Å². The molecule has 0 aliphatic heterocycles. The third-order valence-electron chi connectivity index (χ3n) is 6.38. The number of aromatic carboxylic acids is 1. The predicted octanol–water partition coefficient (Wildman–Crippen LogP) is 6.27. The number of nitrogens with one attached hydrogen (secondary N) is 1. The molecule has 198 valence electrons. The van der Waals surface area contributed by atoms with Crippen molar-refractivity contribution in [1.29, 1.82) is 0 Å².